The lowest BCUT2D eigenvalue weighted by atomic mass is 9.95. The summed E-state index contributed by atoms with van der Waals surface area (Å²) in [5, 5.41) is 5.49. The maximum Gasteiger partial charge on any atom is 0.257 e. The molecule has 0 atom stereocenters. The van der Waals surface area contributed by atoms with E-state index in [1.807, 2.05) is 6.07 Å². The second-order valence-electron chi connectivity index (χ2n) is 5.08. The monoisotopic (exact) mass is 281 g/mol. The molecule has 5 nitrogen and oxygen atoms in total. The minimum absolute atomic E-state index is 0.223. The van der Waals surface area contributed by atoms with Gasteiger partial charge >= 0.3 is 0 Å². The first-order valence-corrected chi connectivity index (χ1v) is 6.95. The van der Waals surface area contributed by atoms with Gasteiger partial charge in [0.2, 0.25) is 0 Å². The Bertz CT molecular complexity index is 697. The summed E-state index contributed by atoms with van der Waals surface area (Å²) in [5.74, 6) is 1.53. The molecular formula is C16H15N3O2. The van der Waals surface area contributed by atoms with Crippen molar-refractivity contribution in [1.29, 1.82) is 0 Å². The number of hydrogen-bond acceptors (Lipinski definition) is 4. The molecule has 1 aliphatic heterocycles. The summed E-state index contributed by atoms with van der Waals surface area (Å²) in [4.78, 5) is 27.2. The summed E-state index contributed by atoms with van der Waals surface area (Å²) in [6.45, 7) is 0. The fraction of sp³-hybridized carbons (Fsp3) is 0.250. The van der Waals surface area contributed by atoms with E-state index in [1.165, 1.54) is 6.08 Å². The number of aromatic nitrogens is 1. The van der Waals surface area contributed by atoms with Crippen molar-refractivity contribution >= 4 is 11.8 Å². The summed E-state index contributed by atoms with van der Waals surface area (Å²) in [6.07, 6.45) is 10.7. The first-order chi connectivity index (χ1) is 10.3. The molecule has 0 radical (unpaired) electrons. The Morgan fingerprint density at radius 3 is 3.05 bits per heavy atom. The lowest BCUT2D eigenvalue weighted by Crippen LogP contribution is -2.25. The third-order valence-corrected chi connectivity index (χ3v) is 3.60. The number of nitrogens with one attached hydrogen (secondary N) is 2. The minimum Gasteiger partial charge on any atom is -0.353 e. The van der Waals surface area contributed by atoms with Crippen LogP contribution in [-0.2, 0) is 17.6 Å². The van der Waals surface area contributed by atoms with Crippen molar-refractivity contribution in [2.75, 3.05) is 0 Å². The topological polar surface area (TPSA) is 71.1 Å². The van der Waals surface area contributed by atoms with Crippen LogP contribution in [0.15, 0.2) is 42.0 Å². The van der Waals surface area contributed by atoms with Crippen LogP contribution < -0.4 is 10.6 Å². The summed E-state index contributed by atoms with van der Waals surface area (Å²) in [6, 6.07) is 1.92. The highest BCUT2D eigenvalue weighted by molar-refractivity contribution is 5.95. The average Bonchev–Trinajstić information content (AvgIpc) is 2.54. The molecule has 0 aromatic carbocycles. The predicted octanol–water partition coefficient (Wildman–Crippen LogP) is 1.41. The van der Waals surface area contributed by atoms with E-state index in [-0.39, 0.29) is 11.6 Å². The van der Waals surface area contributed by atoms with Gasteiger partial charge in [-0.15, -0.1) is 0 Å². The SMILES string of the molecule is O=C=C1C=C(NC(=O)c2cnc3c(c2)CCCC3)C=CN1. The summed E-state index contributed by atoms with van der Waals surface area (Å²) >= 11 is 0. The number of carbonyl (C=O) groups excluding carboxylic acids is 2. The Hall–Kier alpha value is -2.65. The van der Waals surface area contributed by atoms with Gasteiger partial charge in [-0.1, -0.05) is 0 Å². The van der Waals surface area contributed by atoms with Gasteiger partial charge < -0.3 is 10.6 Å². The maximum absolute atomic E-state index is 12.2. The van der Waals surface area contributed by atoms with E-state index in [0.29, 0.717) is 11.3 Å². The third kappa shape index (κ3) is 2.93. The maximum atomic E-state index is 12.2. The molecule has 0 spiro atoms. The molecule has 21 heavy (non-hydrogen) atoms. The number of nitrogens with zero attached hydrogens (tertiary/aromatic N) is 1. The molecule has 1 aromatic heterocycles. The van der Waals surface area contributed by atoms with Crippen molar-refractivity contribution in [3.05, 3.63) is 58.8 Å². The fourth-order valence-corrected chi connectivity index (χ4v) is 2.52. The van der Waals surface area contributed by atoms with Gasteiger partial charge in [0, 0.05) is 23.8 Å². The molecule has 1 aromatic rings. The van der Waals surface area contributed by atoms with Crippen LogP contribution in [0, 0.1) is 0 Å². The largest absolute Gasteiger partial charge is 0.353 e. The third-order valence-electron chi connectivity index (χ3n) is 3.60. The molecule has 0 fully saturated rings. The van der Waals surface area contributed by atoms with Gasteiger partial charge in [-0.2, -0.15) is 0 Å². The van der Waals surface area contributed by atoms with Crippen LogP contribution in [-0.4, -0.2) is 16.8 Å². The van der Waals surface area contributed by atoms with E-state index in [9.17, 15) is 9.59 Å². The van der Waals surface area contributed by atoms with Crippen molar-refractivity contribution in [2.45, 2.75) is 25.7 Å². The van der Waals surface area contributed by atoms with Crippen LogP contribution >= 0.6 is 0 Å². The van der Waals surface area contributed by atoms with E-state index in [4.69, 9.17) is 0 Å². The quantitative estimate of drug-likeness (QED) is 0.804. The number of hydrogen-bond donors (Lipinski definition) is 2. The lowest BCUT2D eigenvalue weighted by molar-refractivity contribution is 0.0966. The second-order valence-corrected chi connectivity index (χ2v) is 5.08. The zero-order chi connectivity index (χ0) is 14.7. The first kappa shape index (κ1) is 13.3. The van der Waals surface area contributed by atoms with Gasteiger partial charge in [0.05, 0.1) is 5.56 Å². The Morgan fingerprint density at radius 2 is 2.19 bits per heavy atom. The minimum atomic E-state index is -0.223. The highest BCUT2D eigenvalue weighted by Gasteiger charge is 2.15. The summed E-state index contributed by atoms with van der Waals surface area (Å²) in [7, 11) is 0. The van der Waals surface area contributed by atoms with Crippen LogP contribution in [0.3, 0.4) is 0 Å². The van der Waals surface area contributed by atoms with Crippen LogP contribution in [0.2, 0.25) is 0 Å². The molecule has 2 aliphatic rings. The summed E-state index contributed by atoms with van der Waals surface area (Å²) in [5.41, 5.74) is 3.65. The van der Waals surface area contributed by atoms with Crippen molar-refractivity contribution in [3.8, 4) is 0 Å². The van der Waals surface area contributed by atoms with E-state index in [1.54, 1.807) is 24.4 Å². The molecular weight excluding hydrogens is 266 g/mol. The highest BCUT2D eigenvalue weighted by atomic mass is 16.1. The number of fused-ring (bicyclic) bond motifs is 1. The van der Waals surface area contributed by atoms with E-state index >= 15 is 0 Å². The second kappa shape index (κ2) is 5.77. The lowest BCUT2D eigenvalue weighted by Gasteiger charge is -2.16. The van der Waals surface area contributed by atoms with E-state index in [0.717, 1.165) is 36.9 Å². The van der Waals surface area contributed by atoms with Crippen LogP contribution in [0.25, 0.3) is 0 Å². The Morgan fingerprint density at radius 1 is 1.33 bits per heavy atom. The van der Waals surface area contributed by atoms with Crippen LogP contribution in [0.4, 0.5) is 0 Å². The van der Waals surface area contributed by atoms with Crippen LogP contribution in [0.1, 0.15) is 34.5 Å². The van der Waals surface area contributed by atoms with E-state index < -0.39 is 0 Å². The zero-order valence-electron chi connectivity index (χ0n) is 11.5. The van der Waals surface area contributed by atoms with Crippen molar-refractivity contribution < 1.29 is 9.59 Å². The molecule has 106 valence electrons. The van der Waals surface area contributed by atoms with Gasteiger partial charge in [-0.05, 0) is 49.5 Å². The number of carbonyl (C=O) groups is 1. The molecule has 0 saturated carbocycles. The molecule has 1 amide bonds. The number of pyridine rings is 1. The van der Waals surface area contributed by atoms with E-state index in [2.05, 4.69) is 15.6 Å². The first-order valence-electron chi connectivity index (χ1n) is 6.95. The number of amides is 1. The van der Waals surface area contributed by atoms with Gasteiger partial charge in [0.25, 0.3) is 5.91 Å². The smallest absolute Gasteiger partial charge is 0.257 e. The van der Waals surface area contributed by atoms with Crippen molar-refractivity contribution in [2.24, 2.45) is 0 Å². The Balaban J connectivity index is 1.78. The van der Waals surface area contributed by atoms with Gasteiger partial charge in [-0.3, -0.25) is 9.78 Å². The van der Waals surface area contributed by atoms with Gasteiger partial charge in [0.15, 0.2) is 5.94 Å². The summed E-state index contributed by atoms with van der Waals surface area (Å²) < 4.78 is 0. The normalized spacial score (nSPS) is 16.4. The van der Waals surface area contributed by atoms with Crippen molar-refractivity contribution in [3.63, 3.8) is 0 Å². The fourth-order valence-electron chi connectivity index (χ4n) is 2.52. The Labute approximate surface area is 122 Å². The van der Waals surface area contributed by atoms with Crippen LogP contribution in [0.5, 0.6) is 0 Å². The molecule has 0 saturated heterocycles. The molecule has 1 aliphatic carbocycles. The molecule has 5 heteroatoms. The highest BCUT2D eigenvalue weighted by Crippen LogP contribution is 2.20. The van der Waals surface area contributed by atoms with Crippen molar-refractivity contribution in [1.82, 2.24) is 15.6 Å². The molecule has 3 rings (SSSR count). The molecule has 2 N–H and O–H groups in total. The Kier molecular flexibility index (Phi) is 3.67. The zero-order valence-corrected chi connectivity index (χ0v) is 11.5. The molecule has 0 bridgehead atoms. The number of dihydropyridines is 1. The van der Waals surface area contributed by atoms with Gasteiger partial charge in [0.1, 0.15) is 5.70 Å². The molecule has 2 heterocycles. The number of allylic oxidation sites excluding steroid dienone is 2. The standard InChI is InChI=1S/C16H15N3O2/c20-10-14-8-13(5-6-17-14)19-16(21)12-7-11-3-1-2-4-15(11)18-9-12/h5-9,17H,1-4H2,(H,19,21). The average molecular weight is 281 g/mol. The number of aryl methyl sites for hydroxylation is 2. The van der Waals surface area contributed by atoms with Gasteiger partial charge in [-0.25, -0.2) is 4.79 Å². The predicted molar refractivity (Wildman–Crippen MR) is 77.9 cm³/mol. The molecule has 0 unspecified atom stereocenters. The number of rotatable bonds is 2.